The van der Waals surface area contributed by atoms with E-state index >= 15 is 0 Å². The first-order valence-electron chi connectivity index (χ1n) is 9.61. The molecule has 29 heavy (non-hydrogen) atoms. The number of anilines is 3. The zero-order chi connectivity index (χ0) is 20.5. The van der Waals surface area contributed by atoms with E-state index in [1.807, 2.05) is 43.3 Å². The molecule has 1 aliphatic heterocycles. The van der Waals surface area contributed by atoms with E-state index in [1.165, 1.54) is 0 Å². The summed E-state index contributed by atoms with van der Waals surface area (Å²) in [6.07, 6.45) is 0. The highest BCUT2D eigenvalue weighted by Crippen LogP contribution is 2.32. The Hall–Kier alpha value is -3.26. The van der Waals surface area contributed by atoms with Crippen LogP contribution in [0, 0.1) is 6.92 Å². The van der Waals surface area contributed by atoms with Gasteiger partial charge in [0.1, 0.15) is 0 Å². The van der Waals surface area contributed by atoms with Gasteiger partial charge in [0.25, 0.3) is 0 Å². The summed E-state index contributed by atoms with van der Waals surface area (Å²) in [4.78, 5) is 27.3. The molecule has 1 aliphatic rings. The van der Waals surface area contributed by atoms with E-state index in [-0.39, 0.29) is 11.7 Å². The number of aryl methyl sites for hydroxylation is 3. The van der Waals surface area contributed by atoms with Crippen LogP contribution in [0.3, 0.4) is 0 Å². The smallest absolute Gasteiger partial charge is 0.328 e. The Morgan fingerprint density at radius 3 is 2.28 bits per heavy atom. The number of nitrogens with zero attached hydrogens (tertiary/aromatic N) is 3. The van der Waals surface area contributed by atoms with Crippen molar-refractivity contribution in [3.63, 3.8) is 0 Å². The topological polar surface area (TPSA) is 80.5 Å². The van der Waals surface area contributed by atoms with Crippen molar-refractivity contribution >= 4 is 34.1 Å². The highest BCUT2D eigenvalue weighted by Gasteiger charge is 2.20. The van der Waals surface area contributed by atoms with Crippen LogP contribution in [0.4, 0.5) is 21.9 Å². The van der Waals surface area contributed by atoms with Crippen molar-refractivity contribution in [2.45, 2.75) is 6.92 Å². The molecule has 0 atom stereocenters. The Balaban J connectivity index is 1.72. The number of fused-ring (bicyclic) bond motifs is 1. The number of hydrogen-bond acceptors (Lipinski definition) is 4. The van der Waals surface area contributed by atoms with E-state index < -0.39 is 0 Å². The number of nitrogens with one attached hydrogen (secondary N) is 2. The maximum absolute atomic E-state index is 12.7. The first-order valence-corrected chi connectivity index (χ1v) is 9.61. The molecular formula is C21H25N5O3. The van der Waals surface area contributed by atoms with E-state index in [1.54, 1.807) is 23.2 Å². The van der Waals surface area contributed by atoms with Gasteiger partial charge in [0, 0.05) is 32.9 Å². The number of carbonyl (C=O) groups is 1. The van der Waals surface area contributed by atoms with Crippen LogP contribution in [0.1, 0.15) is 5.56 Å². The fraction of sp³-hybridized carbons (Fsp3) is 0.333. The molecule has 0 unspecified atom stereocenters. The molecule has 1 saturated heterocycles. The van der Waals surface area contributed by atoms with Gasteiger partial charge >= 0.3 is 11.7 Å². The quantitative estimate of drug-likeness (QED) is 0.715. The van der Waals surface area contributed by atoms with Crippen LogP contribution < -0.4 is 21.2 Å². The summed E-state index contributed by atoms with van der Waals surface area (Å²) >= 11 is 0. The minimum atomic E-state index is -0.325. The Kier molecular flexibility index (Phi) is 5.02. The summed E-state index contributed by atoms with van der Waals surface area (Å²) in [5.41, 5.74) is 4.76. The summed E-state index contributed by atoms with van der Waals surface area (Å²) in [5, 5.41) is 5.88. The first kappa shape index (κ1) is 19.1. The minimum Gasteiger partial charge on any atom is -0.378 e. The maximum atomic E-state index is 12.7. The molecule has 0 bridgehead atoms. The highest BCUT2D eigenvalue weighted by atomic mass is 16.5. The third-order valence-electron chi connectivity index (χ3n) is 5.38. The van der Waals surface area contributed by atoms with E-state index in [2.05, 4.69) is 15.5 Å². The van der Waals surface area contributed by atoms with Gasteiger partial charge in [-0.3, -0.25) is 9.13 Å². The maximum Gasteiger partial charge on any atom is 0.328 e. The van der Waals surface area contributed by atoms with Gasteiger partial charge in [-0.05, 0) is 30.7 Å². The molecule has 8 nitrogen and oxygen atoms in total. The number of para-hydroxylation sites is 1. The summed E-state index contributed by atoms with van der Waals surface area (Å²) in [6, 6.07) is 11.1. The molecule has 0 radical (unpaired) electrons. The Morgan fingerprint density at radius 2 is 1.59 bits per heavy atom. The molecule has 2 heterocycles. The fourth-order valence-electron chi connectivity index (χ4n) is 3.69. The molecule has 2 N–H and O–H groups in total. The highest BCUT2D eigenvalue weighted by molar-refractivity contribution is 6.04. The average molecular weight is 395 g/mol. The van der Waals surface area contributed by atoms with Crippen molar-refractivity contribution in [2.75, 3.05) is 41.8 Å². The van der Waals surface area contributed by atoms with Crippen molar-refractivity contribution in [1.82, 2.24) is 9.13 Å². The number of benzene rings is 2. The summed E-state index contributed by atoms with van der Waals surface area (Å²) < 4.78 is 8.68. The van der Waals surface area contributed by atoms with Crippen LogP contribution in [-0.4, -0.2) is 41.5 Å². The van der Waals surface area contributed by atoms with Crippen molar-refractivity contribution in [3.05, 3.63) is 52.4 Å². The predicted molar refractivity (Wildman–Crippen MR) is 115 cm³/mol. The lowest BCUT2D eigenvalue weighted by Crippen LogP contribution is -2.37. The molecular weight excluding hydrogens is 370 g/mol. The second-order valence-corrected chi connectivity index (χ2v) is 7.25. The number of carbonyl (C=O) groups excluding carboxylic acids is 1. The Labute approximate surface area is 168 Å². The number of rotatable bonds is 3. The van der Waals surface area contributed by atoms with Crippen LogP contribution in [-0.2, 0) is 18.8 Å². The standard InChI is InChI=1S/C21H25N5O3/c1-14-6-4-5-7-15(14)22-20(27)23-16-12-18-19(25(3)21(28)24(18)2)13-17(16)26-8-10-29-11-9-26/h4-7,12-13H,8-11H2,1-3H3,(H2,22,23,27). The molecule has 4 rings (SSSR count). The zero-order valence-corrected chi connectivity index (χ0v) is 16.9. The lowest BCUT2D eigenvalue weighted by Gasteiger charge is -2.30. The minimum absolute atomic E-state index is 0.102. The number of hydrogen-bond donors (Lipinski definition) is 2. The van der Waals surface area contributed by atoms with Crippen LogP contribution in [0.5, 0.6) is 0 Å². The normalized spacial score (nSPS) is 14.2. The Bertz CT molecular complexity index is 1130. The fourth-order valence-corrected chi connectivity index (χ4v) is 3.69. The van der Waals surface area contributed by atoms with Crippen LogP contribution in [0.15, 0.2) is 41.2 Å². The van der Waals surface area contributed by atoms with Gasteiger partial charge in [0.15, 0.2) is 0 Å². The van der Waals surface area contributed by atoms with Gasteiger partial charge in [-0.2, -0.15) is 0 Å². The third-order valence-corrected chi connectivity index (χ3v) is 5.38. The second-order valence-electron chi connectivity index (χ2n) is 7.25. The molecule has 152 valence electrons. The van der Waals surface area contributed by atoms with Gasteiger partial charge in [-0.1, -0.05) is 18.2 Å². The monoisotopic (exact) mass is 395 g/mol. The molecule has 1 fully saturated rings. The lowest BCUT2D eigenvalue weighted by molar-refractivity contribution is 0.123. The van der Waals surface area contributed by atoms with Crippen LogP contribution >= 0.6 is 0 Å². The first-order chi connectivity index (χ1) is 14.0. The van der Waals surface area contributed by atoms with Crippen molar-refractivity contribution in [3.8, 4) is 0 Å². The summed E-state index contributed by atoms with van der Waals surface area (Å²) in [5.74, 6) is 0. The molecule has 0 spiro atoms. The van der Waals surface area contributed by atoms with Gasteiger partial charge in [0.05, 0.1) is 35.6 Å². The number of amides is 2. The van der Waals surface area contributed by atoms with Crippen molar-refractivity contribution in [1.29, 1.82) is 0 Å². The molecule has 2 amide bonds. The molecule has 2 aromatic carbocycles. The summed E-state index contributed by atoms with van der Waals surface area (Å²) in [7, 11) is 3.49. The second kappa shape index (κ2) is 7.63. The molecule has 0 saturated carbocycles. The largest absolute Gasteiger partial charge is 0.378 e. The number of urea groups is 1. The van der Waals surface area contributed by atoms with Crippen LogP contribution in [0.25, 0.3) is 11.0 Å². The van der Waals surface area contributed by atoms with Gasteiger partial charge in [-0.25, -0.2) is 9.59 Å². The van der Waals surface area contributed by atoms with Gasteiger partial charge in [0.2, 0.25) is 0 Å². The van der Waals surface area contributed by atoms with Crippen molar-refractivity contribution < 1.29 is 9.53 Å². The SMILES string of the molecule is Cc1ccccc1NC(=O)Nc1cc2c(cc1N1CCOCC1)n(C)c(=O)n2C. The molecule has 1 aromatic heterocycles. The summed E-state index contributed by atoms with van der Waals surface area (Å²) in [6.45, 7) is 4.64. The van der Waals surface area contributed by atoms with E-state index in [4.69, 9.17) is 4.74 Å². The lowest BCUT2D eigenvalue weighted by atomic mass is 10.2. The number of imidazole rings is 1. The molecule has 3 aromatic rings. The van der Waals surface area contributed by atoms with E-state index in [0.29, 0.717) is 18.9 Å². The third kappa shape index (κ3) is 3.58. The zero-order valence-electron chi connectivity index (χ0n) is 16.9. The van der Waals surface area contributed by atoms with Crippen molar-refractivity contribution in [2.24, 2.45) is 14.1 Å². The predicted octanol–water partition coefficient (Wildman–Crippen LogP) is 2.67. The van der Waals surface area contributed by atoms with Gasteiger partial charge < -0.3 is 20.3 Å². The number of ether oxygens (including phenoxy) is 1. The van der Waals surface area contributed by atoms with E-state index in [0.717, 1.165) is 41.1 Å². The molecule has 8 heteroatoms. The molecule has 0 aliphatic carbocycles. The van der Waals surface area contributed by atoms with Crippen LogP contribution in [0.2, 0.25) is 0 Å². The average Bonchev–Trinajstić information content (AvgIpc) is 2.93. The Morgan fingerprint density at radius 1 is 0.966 bits per heavy atom. The van der Waals surface area contributed by atoms with E-state index in [9.17, 15) is 9.59 Å². The number of morpholine rings is 1. The number of aromatic nitrogens is 2. The van der Waals surface area contributed by atoms with Gasteiger partial charge in [-0.15, -0.1) is 0 Å².